The van der Waals surface area contributed by atoms with E-state index < -0.39 is 12.0 Å². The van der Waals surface area contributed by atoms with E-state index in [-0.39, 0.29) is 28.3 Å². The zero-order valence-electron chi connectivity index (χ0n) is 12.1. The smallest absolute Gasteiger partial charge is 0.327 e. The number of nitrogens with one attached hydrogen (secondary N) is 1. The van der Waals surface area contributed by atoms with E-state index >= 15 is 0 Å². The summed E-state index contributed by atoms with van der Waals surface area (Å²) in [5.41, 5.74) is 0.106. The summed E-state index contributed by atoms with van der Waals surface area (Å²) in [6.45, 7) is 10.4. The third kappa shape index (κ3) is 2.10. The summed E-state index contributed by atoms with van der Waals surface area (Å²) in [7, 11) is 0. The monoisotopic (exact) mass is 286 g/mol. The van der Waals surface area contributed by atoms with Gasteiger partial charge in [0.05, 0.1) is 5.37 Å². The Bertz CT molecular complexity index is 408. The van der Waals surface area contributed by atoms with Crippen LogP contribution >= 0.6 is 11.8 Å². The van der Waals surface area contributed by atoms with E-state index in [0.29, 0.717) is 5.75 Å². The van der Waals surface area contributed by atoms with Crippen LogP contribution < -0.4 is 5.32 Å². The lowest BCUT2D eigenvalue weighted by atomic mass is 10.0. The molecule has 0 aromatic carbocycles. The first kappa shape index (κ1) is 14.5. The minimum absolute atomic E-state index is 0.0531. The molecule has 5 nitrogen and oxygen atoms in total. The Hall–Kier alpha value is -0.910. The number of thioether (sulfide) groups is 1. The number of aliphatic carboxylic acids is 1. The van der Waals surface area contributed by atoms with E-state index in [4.69, 9.17) is 0 Å². The molecule has 2 atom stereocenters. The Morgan fingerprint density at radius 3 is 2.21 bits per heavy atom. The van der Waals surface area contributed by atoms with Gasteiger partial charge in [0.25, 0.3) is 0 Å². The highest BCUT2D eigenvalue weighted by molar-refractivity contribution is 8.00. The number of amides is 2. The van der Waals surface area contributed by atoms with Crippen molar-refractivity contribution < 1.29 is 14.7 Å². The first-order valence-electron chi connectivity index (χ1n) is 6.54. The molecule has 1 saturated heterocycles. The Kier molecular flexibility index (Phi) is 3.28. The van der Waals surface area contributed by atoms with Crippen LogP contribution in [0.1, 0.15) is 34.6 Å². The number of rotatable bonds is 2. The second-order valence-corrected chi connectivity index (χ2v) is 7.87. The minimum atomic E-state index is -0.929. The van der Waals surface area contributed by atoms with E-state index in [0.717, 1.165) is 0 Å². The number of carbonyl (C=O) groups excluding carboxylic acids is 1. The minimum Gasteiger partial charge on any atom is -0.480 e. The van der Waals surface area contributed by atoms with Crippen LogP contribution in [0.2, 0.25) is 0 Å². The third-order valence-electron chi connectivity index (χ3n) is 5.03. The Balaban J connectivity index is 2.06. The van der Waals surface area contributed by atoms with Crippen molar-refractivity contribution in [2.24, 2.45) is 10.8 Å². The summed E-state index contributed by atoms with van der Waals surface area (Å²) in [5.74, 6) is -0.470. The lowest BCUT2D eigenvalue weighted by molar-refractivity contribution is -0.141. The van der Waals surface area contributed by atoms with Crippen molar-refractivity contribution in [2.45, 2.75) is 52.1 Å². The van der Waals surface area contributed by atoms with E-state index in [1.807, 2.05) is 6.92 Å². The van der Waals surface area contributed by atoms with Crippen LogP contribution in [0.5, 0.6) is 0 Å². The predicted octanol–water partition coefficient (Wildman–Crippen LogP) is 1.98. The summed E-state index contributed by atoms with van der Waals surface area (Å²) in [6, 6.07) is -0.877. The summed E-state index contributed by atoms with van der Waals surface area (Å²) >= 11 is 1.50. The van der Waals surface area contributed by atoms with E-state index in [9.17, 15) is 14.7 Å². The van der Waals surface area contributed by atoms with Crippen LogP contribution in [0.3, 0.4) is 0 Å². The number of carboxylic acid groups (broad SMARTS) is 1. The highest BCUT2D eigenvalue weighted by atomic mass is 32.2. The predicted molar refractivity (Wildman–Crippen MR) is 75.1 cm³/mol. The summed E-state index contributed by atoms with van der Waals surface area (Å²) in [5, 5.41) is 12.1. The van der Waals surface area contributed by atoms with Crippen molar-refractivity contribution in [1.82, 2.24) is 10.2 Å². The Morgan fingerprint density at radius 2 is 1.79 bits per heavy atom. The molecule has 1 aliphatic carbocycles. The fourth-order valence-electron chi connectivity index (χ4n) is 2.90. The topological polar surface area (TPSA) is 69.6 Å². The molecular weight excluding hydrogens is 264 g/mol. The number of carboxylic acids is 1. The van der Waals surface area contributed by atoms with Gasteiger partial charge < -0.3 is 10.4 Å². The third-order valence-corrected chi connectivity index (χ3v) is 6.25. The molecule has 1 saturated carbocycles. The fraction of sp³-hybridized carbons (Fsp3) is 0.846. The van der Waals surface area contributed by atoms with Gasteiger partial charge in [0.1, 0.15) is 6.04 Å². The molecule has 2 rings (SSSR count). The SMILES string of the molecule is CC1SCC(C(=O)O)N1C(=O)NC1C(C)(C)C1(C)C. The van der Waals surface area contributed by atoms with Crippen molar-refractivity contribution in [3.63, 3.8) is 0 Å². The second-order valence-electron chi connectivity index (χ2n) is 6.52. The molecule has 0 aromatic heterocycles. The maximum Gasteiger partial charge on any atom is 0.327 e. The van der Waals surface area contributed by atoms with Crippen LogP contribution in [-0.2, 0) is 4.79 Å². The van der Waals surface area contributed by atoms with E-state index in [1.54, 1.807) is 0 Å². The van der Waals surface area contributed by atoms with Crippen LogP contribution in [-0.4, -0.2) is 45.2 Å². The molecule has 0 bridgehead atoms. The molecule has 2 amide bonds. The molecule has 1 aliphatic heterocycles. The summed E-state index contributed by atoms with van der Waals surface area (Å²) < 4.78 is 0. The maximum atomic E-state index is 12.3. The number of carbonyl (C=O) groups is 2. The molecule has 108 valence electrons. The van der Waals surface area contributed by atoms with Crippen LogP contribution in [0.15, 0.2) is 0 Å². The highest BCUT2D eigenvalue weighted by Crippen LogP contribution is 2.62. The number of urea groups is 1. The highest BCUT2D eigenvalue weighted by Gasteiger charge is 2.66. The second kappa shape index (κ2) is 4.30. The normalized spacial score (nSPS) is 32.2. The average Bonchev–Trinajstić information content (AvgIpc) is 2.64. The zero-order valence-corrected chi connectivity index (χ0v) is 12.9. The first-order valence-corrected chi connectivity index (χ1v) is 7.59. The van der Waals surface area contributed by atoms with E-state index in [2.05, 4.69) is 33.0 Å². The number of hydrogen-bond donors (Lipinski definition) is 2. The molecule has 0 spiro atoms. The van der Waals surface area contributed by atoms with Crippen molar-refractivity contribution >= 4 is 23.8 Å². The Labute approximate surface area is 118 Å². The van der Waals surface area contributed by atoms with Gasteiger partial charge in [-0.05, 0) is 17.8 Å². The summed E-state index contributed by atoms with van der Waals surface area (Å²) in [6.07, 6.45) is 0. The van der Waals surface area contributed by atoms with Crippen molar-refractivity contribution in [1.29, 1.82) is 0 Å². The van der Waals surface area contributed by atoms with Gasteiger partial charge in [-0.15, -0.1) is 11.8 Å². The molecule has 1 heterocycles. The molecule has 0 radical (unpaired) electrons. The van der Waals surface area contributed by atoms with E-state index in [1.165, 1.54) is 16.7 Å². The molecule has 6 heteroatoms. The summed E-state index contributed by atoms with van der Waals surface area (Å²) in [4.78, 5) is 25.0. The Morgan fingerprint density at radius 1 is 1.26 bits per heavy atom. The van der Waals surface area contributed by atoms with Gasteiger partial charge in [0.2, 0.25) is 0 Å². The van der Waals surface area contributed by atoms with Gasteiger partial charge in [-0.1, -0.05) is 27.7 Å². The van der Waals surface area contributed by atoms with Gasteiger partial charge >= 0.3 is 12.0 Å². The van der Waals surface area contributed by atoms with Crippen molar-refractivity contribution in [3.8, 4) is 0 Å². The quantitative estimate of drug-likeness (QED) is 0.814. The molecule has 19 heavy (non-hydrogen) atoms. The molecule has 2 fully saturated rings. The van der Waals surface area contributed by atoms with Crippen LogP contribution in [0.4, 0.5) is 4.79 Å². The average molecular weight is 286 g/mol. The van der Waals surface area contributed by atoms with Crippen molar-refractivity contribution in [3.05, 3.63) is 0 Å². The van der Waals surface area contributed by atoms with Crippen molar-refractivity contribution in [2.75, 3.05) is 5.75 Å². The lowest BCUT2D eigenvalue weighted by Crippen LogP contribution is -2.50. The number of hydrogen-bond acceptors (Lipinski definition) is 3. The van der Waals surface area contributed by atoms with Gasteiger partial charge in [0.15, 0.2) is 0 Å². The molecule has 2 N–H and O–H groups in total. The first-order chi connectivity index (χ1) is 8.60. The van der Waals surface area contributed by atoms with Gasteiger partial charge in [-0.25, -0.2) is 9.59 Å². The van der Waals surface area contributed by atoms with Gasteiger partial charge in [-0.3, -0.25) is 4.90 Å². The molecule has 2 aliphatic rings. The molecule has 2 unspecified atom stereocenters. The van der Waals surface area contributed by atoms with Gasteiger partial charge in [0, 0.05) is 11.8 Å². The van der Waals surface area contributed by atoms with Crippen LogP contribution in [0.25, 0.3) is 0 Å². The molecular formula is C13H22N2O3S. The van der Waals surface area contributed by atoms with Gasteiger partial charge in [-0.2, -0.15) is 0 Å². The lowest BCUT2D eigenvalue weighted by Gasteiger charge is -2.25. The fourth-order valence-corrected chi connectivity index (χ4v) is 4.06. The maximum absolute atomic E-state index is 12.3. The largest absolute Gasteiger partial charge is 0.480 e. The molecule has 0 aromatic rings. The standard InChI is InChI=1S/C13H22N2O3S/c1-7-15(8(6-19-7)9(16)17)11(18)14-10-12(2,3)13(10,4)5/h7-8,10H,6H2,1-5H3,(H,14,18)(H,16,17). The van der Waals surface area contributed by atoms with Crippen LogP contribution in [0, 0.1) is 10.8 Å². The zero-order chi connectivity index (χ0) is 14.6. The number of nitrogens with zero attached hydrogens (tertiary/aromatic N) is 1.